The number of hydrogen-bond acceptors (Lipinski definition) is 3. The number of aryl methyl sites for hydroxylation is 2. The minimum absolute atomic E-state index is 0. The second-order valence-electron chi connectivity index (χ2n) is 7.67. The van der Waals surface area contributed by atoms with Gasteiger partial charge in [0.15, 0.2) is 5.96 Å². The number of guanidine groups is 1. The van der Waals surface area contributed by atoms with Gasteiger partial charge in [0.05, 0.1) is 6.61 Å². The van der Waals surface area contributed by atoms with E-state index in [1.807, 2.05) is 0 Å². The first-order chi connectivity index (χ1) is 13.1. The van der Waals surface area contributed by atoms with E-state index in [4.69, 9.17) is 9.73 Å². The Morgan fingerprint density at radius 3 is 2.43 bits per heavy atom. The fourth-order valence-electron chi connectivity index (χ4n) is 3.71. The molecule has 0 atom stereocenters. The van der Waals surface area contributed by atoms with E-state index in [1.54, 1.807) is 7.11 Å². The smallest absolute Gasteiger partial charge is 0.191 e. The van der Waals surface area contributed by atoms with Crippen LogP contribution in [0.5, 0.6) is 0 Å². The summed E-state index contributed by atoms with van der Waals surface area (Å²) in [6, 6.07) is 6.77. The molecule has 1 fully saturated rings. The van der Waals surface area contributed by atoms with Gasteiger partial charge in [-0.2, -0.15) is 0 Å². The minimum Gasteiger partial charge on any atom is -0.383 e. The Labute approximate surface area is 188 Å². The molecule has 0 bridgehead atoms. The third-order valence-corrected chi connectivity index (χ3v) is 5.16. The van der Waals surface area contributed by atoms with E-state index in [0.29, 0.717) is 5.92 Å². The lowest BCUT2D eigenvalue weighted by atomic mass is 9.97. The Morgan fingerprint density at radius 1 is 1.14 bits per heavy atom. The largest absolute Gasteiger partial charge is 0.383 e. The zero-order valence-electron chi connectivity index (χ0n) is 18.1. The molecule has 0 aromatic heterocycles. The summed E-state index contributed by atoms with van der Waals surface area (Å²) in [6.07, 6.45) is 3.48. The van der Waals surface area contributed by atoms with E-state index in [-0.39, 0.29) is 24.0 Å². The van der Waals surface area contributed by atoms with Gasteiger partial charge in [0.1, 0.15) is 0 Å². The molecule has 1 heterocycles. The van der Waals surface area contributed by atoms with Crippen LogP contribution in [-0.2, 0) is 11.2 Å². The van der Waals surface area contributed by atoms with Crippen molar-refractivity contribution in [2.45, 2.75) is 40.0 Å². The van der Waals surface area contributed by atoms with Crippen molar-refractivity contribution in [1.82, 2.24) is 15.5 Å². The first kappa shape index (κ1) is 25.2. The van der Waals surface area contributed by atoms with Gasteiger partial charge in [-0.25, -0.2) is 0 Å². The standard InChI is InChI=1S/C22H38N4O.HI/c1-5-23-22(24-9-6-21-15-18(2)14-19(3)16-21)25-17-20-7-10-26(11-8-20)12-13-27-4;/h14-16,20H,5-13,17H2,1-4H3,(H2,23,24,25);1H. The molecule has 0 radical (unpaired) electrons. The minimum atomic E-state index is 0. The Kier molecular flexibility index (Phi) is 12.7. The number of methoxy groups -OCH3 is 1. The van der Waals surface area contributed by atoms with Gasteiger partial charge in [-0.1, -0.05) is 29.3 Å². The maximum Gasteiger partial charge on any atom is 0.191 e. The number of rotatable bonds is 9. The molecule has 160 valence electrons. The van der Waals surface area contributed by atoms with Crippen LogP contribution in [0.15, 0.2) is 23.2 Å². The highest BCUT2D eigenvalue weighted by Gasteiger charge is 2.18. The summed E-state index contributed by atoms with van der Waals surface area (Å²) in [4.78, 5) is 7.34. The van der Waals surface area contributed by atoms with Crippen LogP contribution in [0.2, 0.25) is 0 Å². The summed E-state index contributed by atoms with van der Waals surface area (Å²) in [7, 11) is 1.77. The van der Waals surface area contributed by atoms with E-state index in [9.17, 15) is 0 Å². The van der Waals surface area contributed by atoms with Crippen molar-refractivity contribution >= 4 is 29.9 Å². The molecule has 0 amide bonds. The van der Waals surface area contributed by atoms with Gasteiger partial charge in [-0.05, 0) is 64.6 Å². The predicted molar refractivity (Wildman–Crippen MR) is 130 cm³/mol. The zero-order chi connectivity index (χ0) is 19.5. The summed E-state index contributed by atoms with van der Waals surface area (Å²) in [5.74, 6) is 1.64. The SMILES string of the molecule is CCNC(=NCC1CCN(CCOC)CC1)NCCc1cc(C)cc(C)c1.I. The molecule has 0 spiro atoms. The van der Waals surface area contributed by atoms with Crippen LogP contribution in [0.25, 0.3) is 0 Å². The van der Waals surface area contributed by atoms with Crippen molar-refractivity contribution in [2.24, 2.45) is 10.9 Å². The van der Waals surface area contributed by atoms with E-state index >= 15 is 0 Å². The van der Waals surface area contributed by atoms with Crippen LogP contribution >= 0.6 is 24.0 Å². The fourth-order valence-corrected chi connectivity index (χ4v) is 3.71. The maximum absolute atomic E-state index is 5.18. The van der Waals surface area contributed by atoms with Gasteiger partial charge in [0.2, 0.25) is 0 Å². The van der Waals surface area contributed by atoms with Gasteiger partial charge in [-0.3, -0.25) is 4.99 Å². The summed E-state index contributed by atoms with van der Waals surface area (Å²) in [6.45, 7) is 13.4. The number of likely N-dealkylation sites (tertiary alicyclic amines) is 1. The van der Waals surface area contributed by atoms with E-state index in [1.165, 1.54) is 42.6 Å². The first-order valence-electron chi connectivity index (χ1n) is 10.4. The van der Waals surface area contributed by atoms with Gasteiger partial charge in [-0.15, -0.1) is 24.0 Å². The number of piperidine rings is 1. The molecule has 2 N–H and O–H groups in total. The van der Waals surface area contributed by atoms with Crippen molar-refractivity contribution in [3.8, 4) is 0 Å². The molecule has 1 aromatic carbocycles. The molecular formula is C22H39IN4O. The molecule has 0 saturated carbocycles. The summed E-state index contributed by atoms with van der Waals surface area (Å²) >= 11 is 0. The van der Waals surface area contributed by atoms with Crippen molar-refractivity contribution in [3.63, 3.8) is 0 Å². The van der Waals surface area contributed by atoms with Gasteiger partial charge >= 0.3 is 0 Å². The molecule has 0 unspecified atom stereocenters. The van der Waals surface area contributed by atoms with Crippen molar-refractivity contribution < 1.29 is 4.74 Å². The number of aliphatic imine (C=N–C) groups is 1. The summed E-state index contributed by atoms with van der Waals surface area (Å²) in [5, 5.41) is 6.88. The van der Waals surface area contributed by atoms with Crippen LogP contribution in [0.1, 0.15) is 36.5 Å². The molecule has 1 aliphatic heterocycles. The molecule has 6 heteroatoms. The lowest BCUT2D eigenvalue weighted by Crippen LogP contribution is -2.40. The second-order valence-corrected chi connectivity index (χ2v) is 7.67. The fraction of sp³-hybridized carbons (Fsp3) is 0.682. The third-order valence-electron chi connectivity index (χ3n) is 5.16. The van der Waals surface area contributed by atoms with E-state index < -0.39 is 0 Å². The highest BCUT2D eigenvalue weighted by atomic mass is 127. The molecular weight excluding hydrogens is 463 g/mol. The number of ether oxygens (including phenoxy) is 1. The number of nitrogens with one attached hydrogen (secondary N) is 2. The molecule has 28 heavy (non-hydrogen) atoms. The first-order valence-corrected chi connectivity index (χ1v) is 10.4. The zero-order valence-corrected chi connectivity index (χ0v) is 20.4. The van der Waals surface area contributed by atoms with Crippen molar-refractivity contribution in [2.75, 3.05) is 53.0 Å². The van der Waals surface area contributed by atoms with E-state index in [2.05, 4.69) is 54.5 Å². The van der Waals surface area contributed by atoms with Crippen LogP contribution in [-0.4, -0.2) is 63.8 Å². The van der Waals surface area contributed by atoms with Crippen LogP contribution in [0.3, 0.4) is 0 Å². The average molecular weight is 502 g/mol. The summed E-state index contributed by atoms with van der Waals surface area (Å²) in [5.41, 5.74) is 4.06. The molecule has 2 rings (SSSR count). The maximum atomic E-state index is 5.18. The third kappa shape index (κ3) is 9.56. The predicted octanol–water partition coefficient (Wildman–Crippen LogP) is 3.38. The van der Waals surface area contributed by atoms with Crippen LogP contribution in [0.4, 0.5) is 0 Å². The quantitative estimate of drug-likeness (QED) is 0.309. The monoisotopic (exact) mass is 502 g/mol. The Bertz CT molecular complexity index is 566. The van der Waals surface area contributed by atoms with Gasteiger partial charge < -0.3 is 20.3 Å². The second kappa shape index (κ2) is 14.2. The molecule has 1 aliphatic rings. The highest BCUT2D eigenvalue weighted by Crippen LogP contribution is 2.17. The van der Waals surface area contributed by atoms with Crippen molar-refractivity contribution in [3.05, 3.63) is 34.9 Å². The van der Waals surface area contributed by atoms with Gasteiger partial charge in [0.25, 0.3) is 0 Å². The lowest BCUT2D eigenvalue weighted by molar-refractivity contribution is 0.121. The molecule has 5 nitrogen and oxygen atoms in total. The number of benzene rings is 1. The van der Waals surface area contributed by atoms with Gasteiger partial charge in [0, 0.05) is 33.3 Å². The summed E-state index contributed by atoms with van der Waals surface area (Å²) < 4.78 is 5.18. The average Bonchev–Trinajstić information content (AvgIpc) is 2.64. The van der Waals surface area contributed by atoms with Crippen molar-refractivity contribution in [1.29, 1.82) is 0 Å². The number of hydrogen-bond donors (Lipinski definition) is 2. The Balaban J connectivity index is 0.00000392. The van der Waals surface area contributed by atoms with E-state index in [0.717, 1.165) is 45.2 Å². The normalized spacial score (nSPS) is 15.9. The molecule has 1 saturated heterocycles. The number of halogens is 1. The Hall–Kier alpha value is -0.860. The lowest BCUT2D eigenvalue weighted by Gasteiger charge is -2.31. The highest BCUT2D eigenvalue weighted by molar-refractivity contribution is 14.0. The Morgan fingerprint density at radius 2 is 1.82 bits per heavy atom. The molecule has 1 aromatic rings. The van der Waals surface area contributed by atoms with Crippen LogP contribution in [0, 0.1) is 19.8 Å². The number of nitrogens with zero attached hydrogens (tertiary/aromatic N) is 2. The van der Waals surface area contributed by atoms with Crippen LogP contribution < -0.4 is 10.6 Å². The topological polar surface area (TPSA) is 48.9 Å². The molecule has 0 aliphatic carbocycles.